The maximum Gasteiger partial charge on any atom is 0.252 e. The van der Waals surface area contributed by atoms with Gasteiger partial charge in [0, 0.05) is 38.6 Å². The van der Waals surface area contributed by atoms with Gasteiger partial charge in [-0.25, -0.2) is 0 Å². The molecular weight excluding hydrogens is 394 g/mol. The van der Waals surface area contributed by atoms with Gasteiger partial charge in [0.2, 0.25) is 0 Å². The fraction of sp³-hybridized carbons (Fsp3) is 0.435. The van der Waals surface area contributed by atoms with Crippen LogP contribution in [-0.2, 0) is 6.42 Å². The number of guanidine groups is 1. The number of nitrogens with one attached hydrogen (secondary N) is 3. The van der Waals surface area contributed by atoms with Crippen molar-refractivity contribution in [3.8, 4) is 11.5 Å². The Kier molecular flexibility index (Phi) is 10.7. The number of hydrogen-bond acceptors (Lipinski definition) is 5. The van der Waals surface area contributed by atoms with Gasteiger partial charge in [0.1, 0.15) is 0 Å². The molecule has 0 aliphatic carbocycles. The summed E-state index contributed by atoms with van der Waals surface area (Å²) < 4.78 is 11.3. The predicted octanol–water partition coefficient (Wildman–Crippen LogP) is 2.41. The Labute approximate surface area is 184 Å². The van der Waals surface area contributed by atoms with Gasteiger partial charge >= 0.3 is 0 Å². The average Bonchev–Trinajstić information content (AvgIpc) is 2.79. The monoisotopic (exact) mass is 427 g/mol. The SMILES string of the molecule is CCNC(=NCCc1ccc(OCC)c(OCC)c1)NCCNC(=O)c1cccnc1. The van der Waals surface area contributed by atoms with Crippen LogP contribution in [0.15, 0.2) is 47.7 Å². The average molecular weight is 428 g/mol. The standard InChI is InChI=1S/C23H33N5O3/c1-4-25-23(28-15-14-26-22(29)19-8-7-12-24-17-19)27-13-11-18-9-10-20(30-5-2)21(16-18)31-6-3/h7-10,12,16-17H,4-6,11,13-15H2,1-3H3,(H,26,29)(H2,25,27,28). The van der Waals surface area contributed by atoms with Crippen LogP contribution in [0.25, 0.3) is 0 Å². The lowest BCUT2D eigenvalue weighted by molar-refractivity contribution is 0.0954. The van der Waals surface area contributed by atoms with Crippen LogP contribution in [0.4, 0.5) is 0 Å². The van der Waals surface area contributed by atoms with Crippen molar-refractivity contribution in [2.24, 2.45) is 4.99 Å². The third-order valence-electron chi connectivity index (χ3n) is 4.25. The van der Waals surface area contributed by atoms with E-state index in [4.69, 9.17) is 9.47 Å². The van der Waals surface area contributed by atoms with Crippen molar-refractivity contribution in [3.63, 3.8) is 0 Å². The summed E-state index contributed by atoms with van der Waals surface area (Å²) in [6.07, 6.45) is 3.97. The Morgan fingerprint density at radius 1 is 1.00 bits per heavy atom. The van der Waals surface area contributed by atoms with E-state index in [1.807, 2.05) is 39.0 Å². The van der Waals surface area contributed by atoms with Gasteiger partial charge in [-0.2, -0.15) is 0 Å². The first kappa shape index (κ1) is 24.0. The second kappa shape index (κ2) is 13.8. The van der Waals surface area contributed by atoms with E-state index in [0.717, 1.165) is 30.0 Å². The van der Waals surface area contributed by atoms with Crippen molar-refractivity contribution in [3.05, 3.63) is 53.9 Å². The van der Waals surface area contributed by atoms with Gasteiger partial charge in [0.15, 0.2) is 17.5 Å². The smallest absolute Gasteiger partial charge is 0.252 e. The Morgan fingerprint density at radius 2 is 1.77 bits per heavy atom. The van der Waals surface area contributed by atoms with Gasteiger partial charge in [-0.15, -0.1) is 0 Å². The van der Waals surface area contributed by atoms with Crippen LogP contribution in [0, 0.1) is 0 Å². The third kappa shape index (κ3) is 8.54. The van der Waals surface area contributed by atoms with E-state index < -0.39 is 0 Å². The second-order valence-corrected chi connectivity index (χ2v) is 6.58. The fourth-order valence-corrected chi connectivity index (χ4v) is 2.85. The molecule has 0 aliphatic heterocycles. The Balaban J connectivity index is 1.82. The zero-order valence-electron chi connectivity index (χ0n) is 18.6. The van der Waals surface area contributed by atoms with E-state index in [-0.39, 0.29) is 5.91 Å². The molecule has 3 N–H and O–H groups in total. The summed E-state index contributed by atoms with van der Waals surface area (Å²) >= 11 is 0. The third-order valence-corrected chi connectivity index (χ3v) is 4.25. The normalized spacial score (nSPS) is 11.0. The summed E-state index contributed by atoms with van der Waals surface area (Å²) in [6.45, 7) is 9.55. The van der Waals surface area contributed by atoms with Crippen LogP contribution in [0.5, 0.6) is 11.5 Å². The number of amides is 1. The fourth-order valence-electron chi connectivity index (χ4n) is 2.85. The van der Waals surface area contributed by atoms with Crippen molar-refractivity contribution in [2.75, 3.05) is 39.4 Å². The molecule has 8 nitrogen and oxygen atoms in total. The maximum atomic E-state index is 12.0. The number of carbonyl (C=O) groups excluding carboxylic acids is 1. The molecule has 168 valence electrons. The summed E-state index contributed by atoms with van der Waals surface area (Å²) in [5.41, 5.74) is 1.68. The summed E-state index contributed by atoms with van der Waals surface area (Å²) in [5, 5.41) is 9.32. The number of rotatable bonds is 12. The van der Waals surface area contributed by atoms with Gasteiger partial charge in [-0.1, -0.05) is 6.07 Å². The van der Waals surface area contributed by atoms with Crippen LogP contribution in [0.3, 0.4) is 0 Å². The molecule has 0 saturated heterocycles. The van der Waals surface area contributed by atoms with Gasteiger partial charge in [0.25, 0.3) is 5.91 Å². The molecule has 31 heavy (non-hydrogen) atoms. The Bertz CT molecular complexity index is 827. The first-order valence-electron chi connectivity index (χ1n) is 10.8. The van der Waals surface area contributed by atoms with Crippen LogP contribution >= 0.6 is 0 Å². The first-order chi connectivity index (χ1) is 15.2. The number of carbonyl (C=O) groups is 1. The Morgan fingerprint density at radius 3 is 2.48 bits per heavy atom. The van der Waals surface area contributed by atoms with E-state index >= 15 is 0 Å². The highest BCUT2D eigenvalue weighted by molar-refractivity contribution is 5.93. The van der Waals surface area contributed by atoms with Gasteiger partial charge < -0.3 is 25.4 Å². The lowest BCUT2D eigenvalue weighted by atomic mass is 10.1. The summed E-state index contributed by atoms with van der Waals surface area (Å²) in [4.78, 5) is 20.6. The quantitative estimate of drug-likeness (QED) is 0.273. The lowest BCUT2D eigenvalue weighted by Gasteiger charge is -2.13. The van der Waals surface area contributed by atoms with Crippen LogP contribution in [0.2, 0.25) is 0 Å². The zero-order valence-corrected chi connectivity index (χ0v) is 18.6. The van der Waals surface area contributed by atoms with Crippen molar-refractivity contribution < 1.29 is 14.3 Å². The van der Waals surface area contributed by atoms with Crippen molar-refractivity contribution in [2.45, 2.75) is 27.2 Å². The topological polar surface area (TPSA) is 96.9 Å². The van der Waals surface area contributed by atoms with Gasteiger partial charge in [-0.05, 0) is 57.0 Å². The van der Waals surface area contributed by atoms with Crippen LogP contribution in [0.1, 0.15) is 36.7 Å². The molecule has 0 unspecified atom stereocenters. The highest BCUT2D eigenvalue weighted by Gasteiger charge is 2.07. The number of aromatic nitrogens is 1. The zero-order chi connectivity index (χ0) is 22.3. The summed E-state index contributed by atoms with van der Waals surface area (Å²) in [6, 6.07) is 9.47. The number of hydrogen-bond donors (Lipinski definition) is 3. The molecule has 0 aliphatic rings. The largest absolute Gasteiger partial charge is 0.490 e. The molecule has 2 rings (SSSR count). The molecule has 0 radical (unpaired) electrons. The van der Waals surface area contributed by atoms with Gasteiger partial charge in [0.05, 0.1) is 18.8 Å². The number of nitrogens with zero attached hydrogens (tertiary/aromatic N) is 2. The van der Waals surface area contributed by atoms with Crippen LogP contribution < -0.4 is 25.4 Å². The van der Waals surface area contributed by atoms with Crippen molar-refractivity contribution in [1.29, 1.82) is 0 Å². The highest BCUT2D eigenvalue weighted by atomic mass is 16.5. The first-order valence-corrected chi connectivity index (χ1v) is 10.8. The molecular formula is C23H33N5O3. The lowest BCUT2D eigenvalue weighted by Crippen LogP contribution is -2.41. The molecule has 0 fully saturated rings. The molecule has 0 atom stereocenters. The highest BCUT2D eigenvalue weighted by Crippen LogP contribution is 2.28. The maximum absolute atomic E-state index is 12.0. The molecule has 1 aromatic carbocycles. The minimum atomic E-state index is -0.141. The Hall–Kier alpha value is -3.29. The number of ether oxygens (including phenoxy) is 2. The molecule has 1 heterocycles. The van der Waals surface area contributed by atoms with E-state index in [1.54, 1.807) is 24.5 Å². The molecule has 8 heteroatoms. The number of aliphatic imine (C=N–C) groups is 1. The van der Waals surface area contributed by atoms with E-state index in [1.165, 1.54) is 0 Å². The molecule has 2 aromatic rings. The number of benzene rings is 1. The van der Waals surface area contributed by atoms with E-state index in [2.05, 4.69) is 25.9 Å². The molecule has 0 spiro atoms. The van der Waals surface area contributed by atoms with E-state index in [9.17, 15) is 4.79 Å². The van der Waals surface area contributed by atoms with Gasteiger partial charge in [-0.3, -0.25) is 14.8 Å². The molecule has 1 amide bonds. The minimum absolute atomic E-state index is 0.141. The predicted molar refractivity (Wildman–Crippen MR) is 123 cm³/mol. The molecule has 0 saturated carbocycles. The summed E-state index contributed by atoms with van der Waals surface area (Å²) in [7, 11) is 0. The summed E-state index contributed by atoms with van der Waals surface area (Å²) in [5.74, 6) is 2.10. The minimum Gasteiger partial charge on any atom is -0.490 e. The van der Waals surface area contributed by atoms with Crippen molar-refractivity contribution >= 4 is 11.9 Å². The molecule has 1 aromatic heterocycles. The molecule has 0 bridgehead atoms. The van der Waals surface area contributed by atoms with Crippen molar-refractivity contribution in [1.82, 2.24) is 20.9 Å². The second-order valence-electron chi connectivity index (χ2n) is 6.58. The van der Waals surface area contributed by atoms with E-state index in [0.29, 0.717) is 44.4 Å². The number of pyridine rings is 1. The van der Waals surface area contributed by atoms with Crippen LogP contribution in [-0.4, -0.2) is 56.2 Å².